The Balaban J connectivity index is 1.47. The molecule has 2 N–H and O–H groups in total. The molecular weight excluding hydrogens is 428 g/mol. The van der Waals surface area contributed by atoms with Crippen LogP contribution in [0.3, 0.4) is 0 Å². The molecule has 8 heteroatoms. The van der Waals surface area contributed by atoms with Crippen LogP contribution in [-0.2, 0) is 9.53 Å². The van der Waals surface area contributed by atoms with E-state index in [1.165, 1.54) is 0 Å². The van der Waals surface area contributed by atoms with Gasteiger partial charge in [0.15, 0.2) is 11.5 Å². The lowest BCUT2D eigenvalue weighted by molar-refractivity contribution is -0.124. The van der Waals surface area contributed by atoms with Gasteiger partial charge in [0.05, 0.1) is 5.69 Å². The van der Waals surface area contributed by atoms with Crippen LogP contribution in [0.4, 0.5) is 11.4 Å². The van der Waals surface area contributed by atoms with Crippen molar-refractivity contribution >= 4 is 39.1 Å². The third-order valence-electron chi connectivity index (χ3n) is 4.49. The molecule has 1 atom stereocenters. The highest BCUT2D eigenvalue weighted by Crippen LogP contribution is 2.38. The lowest BCUT2D eigenvalue weighted by Crippen LogP contribution is -2.27. The monoisotopic (exact) mass is 446 g/mol. The molecule has 1 saturated heterocycles. The van der Waals surface area contributed by atoms with Crippen LogP contribution in [0.25, 0.3) is 0 Å². The molecule has 1 fully saturated rings. The number of carbonyl (C=O) groups is 2. The van der Waals surface area contributed by atoms with Gasteiger partial charge in [0.1, 0.15) is 19.3 Å². The molecule has 0 spiro atoms. The molecule has 0 radical (unpaired) electrons. The van der Waals surface area contributed by atoms with Crippen LogP contribution in [0.2, 0.25) is 0 Å². The Kier molecular flexibility index (Phi) is 5.50. The SMILES string of the molecule is O=C(Nc1cc2c(cc1Br)OCCO2)c1cccc(NC(=O)C2CCCO2)c1. The molecule has 1 unspecified atom stereocenters. The van der Waals surface area contributed by atoms with Gasteiger partial charge < -0.3 is 24.8 Å². The highest BCUT2D eigenvalue weighted by Gasteiger charge is 2.23. The summed E-state index contributed by atoms with van der Waals surface area (Å²) in [4.78, 5) is 24.9. The van der Waals surface area contributed by atoms with Crippen LogP contribution in [0.1, 0.15) is 23.2 Å². The van der Waals surface area contributed by atoms with Gasteiger partial charge in [-0.2, -0.15) is 0 Å². The first-order valence-corrected chi connectivity index (χ1v) is 9.82. The minimum absolute atomic E-state index is 0.190. The van der Waals surface area contributed by atoms with Crippen molar-refractivity contribution in [1.29, 1.82) is 0 Å². The van der Waals surface area contributed by atoms with Gasteiger partial charge in [-0.15, -0.1) is 0 Å². The van der Waals surface area contributed by atoms with Crippen molar-refractivity contribution in [2.24, 2.45) is 0 Å². The smallest absolute Gasteiger partial charge is 0.255 e. The summed E-state index contributed by atoms with van der Waals surface area (Å²) < 4.78 is 17.2. The Morgan fingerprint density at radius 2 is 1.79 bits per heavy atom. The Morgan fingerprint density at radius 1 is 1.00 bits per heavy atom. The minimum atomic E-state index is -0.425. The van der Waals surface area contributed by atoms with Gasteiger partial charge in [0, 0.05) is 34.5 Å². The summed E-state index contributed by atoms with van der Waals surface area (Å²) in [6.07, 6.45) is 1.17. The van der Waals surface area contributed by atoms with Gasteiger partial charge in [-0.1, -0.05) is 6.07 Å². The van der Waals surface area contributed by atoms with Gasteiger partial charge in [-0.3, -0.25) is 9.59 Å². The predicted molar refractivity (Wildman–Crippen MR) is 107 cm³/mol. The van der Waals surface area contributed by atoms with E-state index in [1.54, 1.807) is 36.4 Å². The van der Waals surface area contributed by atoms with Crippen LogP contribution in [0.5, 0.6) is 11.5 Å². The number of amides is 2. The normalized spacial score (nSPS) is 17.8. The van der Waals surface area contributed by atoms with Crippen molar-refractivity contribution in [3.8, 4) is 11.5 Å². The number of benzene rings is 2. The fourth-order valence-electron chi connectivity index (χ4n) is 3.10. The van der Waals surface area contributed by atoms with Crippen LogP contribution in [0, 0.1) is 0 Å². The number of nitrogens with one attached hydrogen (secondary N) is 2. The molecule has 7 nitrogen and oxygen atoms in total. The van der Waals surface area contributed by atoms with E-state index in [1.807, 2.05) is 0 Å². The highest BCUT2D eigenvalue weighted by molar-refractivity contribution is 9.10. The van der Waals surface area contributed by atoms with Crippen molar-refractivity contribution < 1.29 is 23.8 Å². The zero-order chi connectivity index (χ0) is 19.5. The molecule has 0 aliphatic carbocycles. The maximum Gasteiger partial charge on any atom is 0.255 e. The number of carbonyl (C=O) groups excluding carboxylic acids is 2. The number of ether oxygens (including phenoxy) is 3. The molecule has 2 heterocycles. The van der Waals surface area contributed by atoms with Gasteiger partial charge >= 0.3 is 0 Å². The molecule has 28 heavy (non-hydrogen) atoms. The van der Waals surface area contributed by atoms with E-state index in [0.29, 0.717) is 59.2 Å². The first-order chi connectivity index (χ1) is 13.6. The Labute approximate surface area is 170 Å². The zero-order valence-corrected chi connectivity index (χ0v) is 16.6. The van der Waals surface area contributed by atoms with E-state index < -0.39 is 6.10 Å². The molecule has 2 aliphatic rings. The summed E-state index contributed by atoms with van der Waals surface area (Å²) in [5, 5.41) is 5.66. The molecule has 2 aromatic carbocycles. The number of anilines is 2. The summed E-state index contributed by atoms with van der Waals surface area (Å²) >= 11 is 3.44. The Bertz CT molecular complexity index is 911. The largest absolute Gasteiger partial charge is 0.486 e. The van der Waals surface area contributed by atoms with E-state index in [9.17, 15) is 9.59 Å². The van der Waals surface area contributed by atoms with Crippen molar-refractivity contribution in [3.63, 3.8) is 0 Å². The van der Waals surface area contributed by atoms with E-state index in [0.717, 1.165) is 6.42 Å². The fourth-order valence-corrected chi connectivity index (χ4v) is 3.52. The summed E-state index contributed by atoms with van der Waals surface area (Å²) in [7, 11) is 0. The molecule has 2 aromatic rings. The second-order valence-electron chi connectivity index (χ2n) is 6.50. The summed E-state index contributed by atoms with van der Waals surface area (Å²) in [5.41, 5.74) is 1.55. The second-order valence-corrected chi connectivity index (χ2v) is 7.36. The second kappa shape index (κ2) is 8.20. The molecule has 4 rings (SSSR count). The lowest BCUT2D eigenvalue weighted by atomic mass is 10.1. The molecular formula is C20H19BrN2O5. The van der Waals surface area contributed by atoms with Crippen molar-refractivity contribution in [3.05, 3.63) is 46.4 Å². The maximum atomic E-state index is 12.7. The number of halogens is 1. The molecule has 2 aliphatic heterocycles. The summed E-state index contributed by atoms with van der Waals surface area (Å²) in [5.74, 6) is 0.729. The van der Waals surface area contributed by atoms with Gasteiger partial charge in [0.25, 0.3) is 11.8 Å². The van der Waals surface area contributed by atoms with Crippen LogP contribution < -0.4 is 20.1 Å². The number of rotatable bonds is 4. The molecule has 0 bridgehead atoms. The van der Waals surface area contributed by atoms with Crippen LogP contribution >= 0.6 is 15.9 Å². The molecule has 2 amide bonds. The standard InChI is InChI=1S/C20H19BrN2O5/c21-14-10-17-18(28-8-7-27-17)11-15(14)23-19(24)12-3-1-4-13(9-12)22-20(25)16-5-2-6-26-16/h1,3-4,9-11,16H,2,5-8H2,(H,22,25)(H,23,24). The maximum absolute atomic E-state index is 12.7. The van der Waals surface area contributed by atoms with Gasteiger partial charge in [0.2, 0.25) is 0 Å². The lowest BCUT2D eigenvalue weighted by Gasteiger charge is -2.20. The van der Waals surface area contributed by atoms with E-state index >= 15 is 0 Å². The van der Waals surface area contributed by atoms with Crippen molar-refractivity contribution in [2.75, 3.05) is 30.5 Å². The molecule has 146 valence electrons. The quantitative estimate of drug-likeness (QED) is 0.749. The van der Waals surface area contributed by atoms with Crippen molar-refractivity contribution in [1.82, 2.24) is 0 Å². The number of fused-ring (bicyclic) bond motifs is 1. The average Bonchev–Trinajstić information content (AvgIpc) is 3.24. The Hall–Kier alpha value is -2.58. The summed E-state index contributed by atoms with van der Waals surface area (Å²) in [6, 6.07) is 10.3. The van der Waals surface area contributed by atoms with Crippen molar-refractivity contribution in [2.45, 2.75) is 18.9 Å². The van der Waals surface area contributed by atoms with E-state index in [2.05, 4.69) is 26.6 Å². The van der Waals surface area contributed by atoms with E-state index in [4.69, 9.17) is 14.2 Å². The number of hydrogen-bond donors (Lipinski definition) is 2. The minimum Gasteiger partial charge on any atom is -0.486 e. The van der Waals surface area contributed by atoms with E-state index in [-0.39, 0.29) is 11.8 Å². The first kappa shape index (κ1) is 18.8. The number of hydrogen-bond acceptors (Lipinski definition) is 5. The predicted octanol–water partition coefficient (Wildman–Crippen LogP) is 3.59. The third kappa shape index (κ3) is 4.13. The topological polar surface area (TPSA) is 85.9 Å². The van der Waals surface area contributed by atoms with Crippen LogP contribution in [-0.4, -0.2) is 37.7 Å². The zero-order valence-electron chi connectivity index (χ0n) is 15.0. The third-order valence-corrected chi connectivity index (χ3v) is 5.15. The first-order valence-electron chi connectivity index (χ1n) is 9.03. The molecule has 0 aromatic heterocycles. The van der Waals surface area contributed by atoms with Crippen LogP contribution in [0.15, 0.2) is 40.9 Å². The summed E-state index contributed by atoms with van der Waals surface area (Å²) in [6.45, 7) is 1.56. The van der Waals surface area contributed by atoms with Gasteiger partial charge in [-0.05, 0) is 47.0 Å². The highest BCUT2D eigenvalue weighted by atomic mass is 79.9. The Morgan fingerprint density at radius 3 is 2.54 bits per heavy atom. The van der Waals surface area contributed by atoms with Gasteiger partial charge in [-0.25, -0.2) is 0 Å². The fraction of sp³-hybridized carbons (Fsp3) is 0.300. The molecule has 0 saturated carbocycles. The average molecular weight is 447 g/mol.